The van der Waals surface area contributed by atoms with Crippen molar-refractivity contribution >= 4 is 11.9 Å². The van der Waals surface area contributed by atoms with Crippen molar-refractivity contribution in [2.75, 3.05) is 20.8 Å². The molecule has 1 aromatic heterocycles. The number of aliphatic hydroxyl groups is 1. The van der Waals surface area contributed by atoms with Gasteiger partial charge < -0.3 is 19.0 Å². The average Bonchev–Trinajstić information content (AvgIpc) is 3.09. The molecule has 142 valence electrons. The number of methoxy groups -OCH3 is 2. The Balaban J connectivity index is 3.01. The second kappa shape index (κ2) is 10.9. The number of hydrogen-bond acceptors (Lipinski definition) is 6. The Morgan fingerprint density at radius 3 is 2.20 bits per heavy atom. The predicted octanol–water partition coefficient (Wildman–Crippen LogP) is 3.15. The van der Waals surface area contributed by atoms with Gasteiger partial charge in [0.25, 0.3) is 0 Å². The van der Waals surface area contributed by atoms with Crippen LogP contribution in [0.5, 0.6) is 0 Å². The maximum absolute atomic E-state index is 12.5. The molecular weight excluding hydrogens is 324 g/mol. The molecule has 0 aliphatic heterocycles. The summed E-state index contributed by atoms with van der Waals surface area (Å²) in [5, 5.41) is 9.04. The number of furan rings is 1. The lowest BCUT2D eigenvalue weighted by Gasteiger charge is -2.26. The van der Waals surface area contributed by atoms with Gasteiger partial charge in [-0.15, -0.1) is 0 Å². The van der Waals surface area contributed by atoms with Crippen LogP contribution < -0.4 is 0 Å². The molecule has 0 atom stereocenters. The van der Waals surface area contributed by atoms with Crippen LogP contribution >= 0.6 is 0 Å². The normalized spacial score (nSPS) is 11.4. The number of hydrogen-bond donors (Lipinski definition) is 1. The fraction of sp³-hybridized carbons (Fsp3) is 0.684. The van der Waals surface area contributed by atoms with Crippen LogP contribution in [0.1, 0.15) is 63.4 Å². The van der Waals surface area contributed by atoms with Gasteiger partial charge in [-0.3, -0.25) is 9.59 Å². The fourth-order valence-corrected chi connectivity index (χ4v) is 2.98. The van der Waals surface area contributed by atoms with Crippen molar-refractivity contribution in [2.45, 2.75) is 63.7 Å². The molecule has 0 aliphatic rings. The summed E-state index contributed by atoms with van der Waals surface area (Å²) in [6, 6.07) is 3.25. The number of aliphatic hydroxyl groups excluding tert-OH is 1. The monoisotopic (exact) mass is 354 g/mol. The topological polar surface area (TPSA) is 86.0 Å². The van der Waals surface area contributed by atoms with E-state index in [0.717, 1.165) is 25.7 Å². The summed E-state index contributed by atoms with van der Waals surface area (Å²) in [5.74, 6) is -0.642. The summed E-state index contributed by atoms with van der Waals surface area (Å²) in [7, 11) is 2.50. The van der Waals surface area contributed by atoms with Crippen molar-refractivity contribution < 1.29 is 28.6 Å². The predicted molar refractivity (Wildman–Crippen MR) is 93.2 cm³/mol. The fourth-order valence-electron chi connectivity index (χ4n) is 2.98. The quantitative estimate of drug-likeness (QED) is 0.352. The van der Waals surface area contributed by atoms with E-state index >= 15 is 0 Å². The number of esters is 2. The molecule has 0 unspecified atom stereocenters. The third kappa shape index (κ3) is 5.33. The highest BCUT2D eigenvalue weighted by molar-refractivity contribution is 6.05. The minimum absolute atomic E-state index is 0.0756. The zero-order valence-corrected chi connectivity index (χ0v) is 15.5. The van der Waals surface area contributed by atoms with Crippen LogP contribution in [0.25, 0.3) is 0 Å². The van der Waals surface area contributed by atoms with Gasteiger partial charge in [0.15, 0.2) is 0 Å². The van der Waals surface area contributed by atoms with Crippen LogP contribution in [-0.2, 0) is 30.9 Å². The van der Waals surface area contributed by atoms with Crippen LogP contribution in [0.15, 0.2) is 16.5 Å². The largest absolute Gasteiger partial charge is 0.468 e. The number of rotatable bonds is 12. The van der Waals surface area contributed by atoms with E-state index in [4.69, 9.17) is 19.0 Å². The Hall–Kier alpha value is -1.82. The summed E-state index contributed by atoms with van der Waals surface area (Å²) in [4.78, 5) is 25.1. The maximum Gasteiger partial charge on any atom is 0.331 e. The van der Waals surface area contributed by atoms with Gasteiger partial charge in [-0.1, -0.05) is 45.4 Å². The highest BCUT2D eigenvalue weighted by atomic mass is 16.5. The zero-order valence-electron chi connectivity index (χ0n) is 15.5. The van der Waals surface area contributed by atoms with Crippen molar-refractivity contribution in [1.29, 1.82) is 0 Å². The van der Waals surface area contributed by atoms with E-state index < -0.39 is 17.4 Å². The van der Waals surface area contributed by atoms with Crippen molar-refractivity contribution in [3.05, 3.63) is 23.7 Å². The van der Waals surface area contributed by atoms with E-state index in [9.17, 15) is 9.59 Å². The number of ether oxygens (including phenoxy) is 2. The summed E-state index contributed by atoms with van der Waals surface area (Å²) in [6.45, 7) is 2.08. The third-order valence-corrected chi connectivity index (χ3v) is 4.41. The Morgan fingerprint density at radius 1 is 1.04 bits per heavy atom. The lowest BCUT2D eigenvalue weighted by molar-refractivity contribution is -0.163. The number of unbranched alkanes of at least 4 members (excludes halogenated alkanes) is 5. The summed E-state index contributed by atoms with van der Waals surface area (Å²) in [6.07, 6.45) is 6.72. The van der Waals surface area contributed by atoms with Crippen molar-refractivity contribution in [3.8, 4) is 0 Å². The molecular formula is C19H30O6. The Labute approximate surface area is 149 Å². The lowest BCUT2D eigenvalue weighted by Crippen LogP contribution is -2.45. The molecule has 0 bridgehead atoms. The molecule has 1 heterocycles. The van der Waals surface area contributed by atoms with Gasteiger partial charge in [-0.2, -0.15) is 0 Å². The van der Waals surface area contributed by atoms with Gasteiger partial charge in [-0.25, -0.2) is 0 Å². The zero-order chi connectivity index (χ0) is 18.7. The number of carbonyl (C=O) groups excluding carboxylic acids is 2. The minimum atomic E-state index is -1.60. The molecule has 6 nitrogen and oxygen atoms in total. The number of carbonyl (C=O) groups is 2. The average molecular weight is 354 g/mol. The van der Waals surface area contributed by atoms with Crippen molar-refractivity contribution in [1.82, 2.24) is 0 Å². The Bertz CT molecular complexity index is 518. The molecule has 0 fully saturated rings. The van der Waals surface area contributed by atoms with Crippen LogP contribution in [0.2, 0.25) is 0 Å². The van der Waals surface area contributed by atoms with Gasteiger partial charge in [0, 0.05) is 6.42 Å². The first-order valence-corrected chi connectivity index (χ1v) is 8.93. The summed E-state index contributed by atoms with van der Waals surface area (Å²) in [5.41, 5.74) is -1.60. The first-order chi connectivity index (χ1) is 12.1. The van der Waals surface area contributed by atoms with Crippen LogP contribution in [0.3, 0.4) is 0 Å². The minimum Gasteiger partial charge on any atom is -0.468 e. The summed E-state index contributed by atoms with van der Waals surface area (Å²) >= 11 is 0. The summed E-state index contributed by atoms with van der Waals surface area (Å²) < 4.78 is 15.5. The molecule has 6 heteroatoms. The van der Waals surface area contributed by atoms with E-state index in [0.29, 0.717) is 18.6 Å². The van der Waals surface area contributed by atoms with Gasteiger partial charge in [0.05, 0.1) is 20.8 Å². The Morgan fingerprint density at radius 2 is 1.64 bits per heavy atom. The molecule has 1 aromatic rings. The van der Waals surface area contributed by atoms with Crippen LogP contribution in [-0.4, -0.2) is 37.9 Å². The first-order valence-electron chi connectivity index (χ1n) is 8.93. The second-order valence-corrected chi connectivity index (χ2v) is 6.15. The molecule has 0 saturated carbocycles. The van der Waals surface area contributed by atoms with E-state index in [1.165, 1.54) is 20.6 Å². The highest BCUT2D eigenvalue weighted by Gasteiger charge is 2.52. The van der Waals surface area contributed by atoms with Gasteiger partial charge in [-0.05, 0) is 18.6 Å². The third-order valence-electron chi connectivity index (χ3n) is 4.41. The van der Waals surface area contributed by atoms with E-state index in [-0.39, 0.29) is 18.8 Å². The molecule has 0 amide bonds. The standard InChI is InChI=1S/C19H30O6/c1-4-5-6-7-8-9-13-19(17(21)23-2,18(22)24-3)16-11-10-15(25-16)12-14-20/h10-11,20H,4-9,12-14H2,1-3H3. The molecule has 1 rings (SSSR count). The van der Waals surface area contributed by atoms with Crippen molar-refractivity contribution in [2.24, 2.45) is 0 Å². The maximum atomic E-state index is 12.5. The smallest absolute Gasteiger partial charge is 0.331 e. The van der Waals surface area contributed by atoms with Gasteiger partial charge in [0.1, 0.15) is 11.5 Å². The van der Waals surface area contributed by atoms with E-state index in [1.807, 2.05) is 0 Å². The SMILES string of the molecule is CCCCCCCCC(C(=O)OC)(C(=O)OC)c1ccc(CCO)o1. The van der Waals surface area contributed by atoms with Crippen LogP contribution in [0.4, 0.5) is 0 Å². The second-order valence-electron chi connectivity index (χ2n) is 6.15. The molecule has 0 aromatic carbocycles. The van der Waals surface area contributed by atoms with E-state index in [2.05, 4.69) is 6.92 Å². The molecule has 0 aliphatic carbocycles. The molecule has 25 heavy (non-hydrogen) atoms. The van der Waals surface area contributed by atoms with E-state index in [1.54, 1.807) is 12.1 Å². The molecule has 0 radical (unpaired) electrons. The first kappa shape index (κ1) is 21.2. The lowest BCUT2D eigenvalue weighted by atomic mass is 9.80. The molecule has 0 spiro atoms. The molecule has 0 saturated heterocycles. The highest BCUT2D eigenvalue weighted by Crippen LogP contribution is 2.35. The van der Waals surface area contributed by atoms with Crippen LogP contribution in [0, 0.1) is 0 Å². The Kier molecular flexibility index (Phi) is 9.27. The molecule has 1 N–H and O–H groups in total. The van der Waals surface area contributed by atoms with Gasteiger partial charge >= 0.3 is 11.9 Å². The van der Waals surface area contributed by atoms with Crippen molar-refractivity contribution in [3.63, 3.8) is 0 Å². The van der Waals surface area contributed by atoms with Gasteiger partial charge in [0.2, 0.25) is 5.41 Å².